The smallest absolute Gasteiger partial charge is 0.306 e. The van der Waals surface area contributed by atoms with Crippen LogP contribution in [-0.2, 0) is 4.79 Å². The molecule has 0 aliphatic carbocycles. The molecule has 0 amide bonds. The first-order chi connectivity index (χ1) is 8.56. The van der Waals surface area contributed by atoms with Gasteiger partial charge in [-0.1, -0.05) is 26.0 Å². The van der Waals surface area contributed by atoms with Gasteiger partial charge in [-0.2, -0.15) is 0 Å². The standard InChI is InChI=1S/C14H20O4/c1-10(2)11(14(15)16)8-9-18-13-7-5-4-6-12(13)17-3/h4-7,10-11H,8-9H2,1-3H3,(H,15,16). The lowest BCUT2D eigenvalue weighted by Crippen LogP contribution is -2.22. The minimum absolute atomic E-state index is 0.101. The summed E-state index contributed by atoms with van der Waals surface area (Å²) in [6.45, 7) is 4.18. The van der Waals surface area contributed by atoms with Gasteiger partial charge in [-0.25, -0.2) is 0 Å². The molecule has 1 rings (SSSR count). The Labute approximate surface area is 108 Å². The molecule has 100 valence electrons. The van der Waals surface area contributed by atoms with E-state index >= 15 is 0 Å². The van der Waals surface area contributed by atoms with Crippen LogP contribution in [0.4, 0.5) is 0 Å². The van der Waals surface area contributed by atoms with Crippen LogP contribution in [0.1, 0.15) is 20.3 Å². The lowest BCUT2D eigenvalue weighted by atomic mass is 9.93. The van der Waals surface area contributed by atoms with Gasteiger partial charge in [-0.05, 0) is 24.5 Å². The molecule has 18 heavy (non-hydrogen) atoms. The average Bonchev–Trinajstić information content (AvgIpc) is 2.34. The molecule has 0 fully saturated rings. The Morgan fingerprint density at radius 1 is 1.28 bits per heavy atom. The van der Waals surface area contributed by atoms with Crippen molar-refractivity contribution in [2.75, 3.05) is 13.7 Å². The van der Waals surface area contributed by atoms with Gasteiger partial charge in [0.05, 0.1) is 19.6 Å². The molecule has 0 saturated carbocycles. The Bertz CT molecular complexity index is 387. The highest BCUT2D eigenvalue weighted by atomic mass is 16.5. The van der Waals surface area contributed by atoms with Crippen molar-refractivity contribution < 1.29 is 19.4 Å². The monoisotopic (exact) mass is 252 g/mol. The van der Waals surface area contributed by atoms with E-state index in [1.807, 2.05) is 38.1 Å². The maximum atomic E-state index is 11.0. The molecule has 0 spiro atoms. The largest absolute Gasteiger partial charge is 0.493 e. The molecule has 4 heteroatoms. The predicted molar refractivity (Wildman–Crippen MR) is 69.1 cm³/mol. The summed E-state index contributed by atoms with van der Waals surface area (Å²) < 4.78 is 10.7. The third kappa shape index (κ3) is 3.95. The second kappa shape index (κ2) is 6.89. The first kappa shape index (κ1) is 14.4. The van der Waals surface area contributed by atoms with Crippen molar-refractivity contribution in [3.05, 3.63) is 24.3 Å². The van der Waals surface area contributed by atoms with Crippen molar-refractivity contribution in [1.82, 2.24) is 0 Å². The fourth-order valence-corrected chi connectivity index (χ4v) is 1.78. The maximum Gasteiger partial charge on any atom is 0.306 e. The summed E-state index contributed by atoms with van der Waals surface area (Å²) in [6.07, 6.45) is 0.491. The van der Waals surface area contributed by atoms with Gasteiger partial charge in [0.2, 0.25) is 0 Å². The van der Waals surface area contributed by atoms with Crippen LogP contribution < -0.4 is 9.47 Å². The number of hydrogen-bond donors (Lipinski definition) is 1. The van der Waals surface area contributed by atoms with Crippen molar-refractivity contribution in [1.29, 1.82) is 0 Å². The van der Waals surface area contributed by atoms with Gasteiger partial charge >= 0.3 is 5.97 Å². The molecule has 1 aromatic carbocycles. The molecule has 1 atom stereocenters. The first-order valence-electron chi connectivity index (χ1n) is 6.05. The summed E-state index contributed by atoms with van der Waals surface area (Å²) >= 11 is 0. The van der Waals surface area contributed by atoms with E-state index in [1.165, 1.54) is 0 Å². The zero-order chi connectivity index (χ0) is 13.5. The Morgan fingerprint density at radius 2 is 1.89 bits per heavy atom. The molecule has 0 heterocycles. The van der Waals surface area contributed by atoms with E-state index in [9.17, 15) is 4.79 Å². The number of carbonyl (C=O) groups is 1. The molecule has 0 aliphatic heterocycles. The molecule has 0 saturated heterocycles. The third-order valence-electron chi connectivity index (χ3n) is 2.88. The van der Waals surface area contributed by atoms with E-state index in [0.717, 1.165) is 0 Å². The first-order valence-corrected chi connectivity index (χ1v) is 6.05. The van der Waals surface area contributed by atoms with Crippen molar-refractivity contribution in [2.45, 2.75) is 20.3 Å². The molecular formula is C14H20O4. The van der Waals surface area contributed by atoms with E-state index in [1.54, 1.807) is 7.11 Å². The number of carboxylic acid groups (broad SMARTS) is 1. The normalized spacial score (nSPS) is 12.2. The maximum absolute atomic E-state index is 11.0. The Hall–Kier alpha value is -1.71. The molecule has 0 bridgehead atoms. The number of benzene rings is 1. The van der Waals surface area contributed by atoms with Crippen LogP contribution in [-0.4, -0.2) is 24.8 Å². The third-order valence-corrected chi connectivity index (χ3v) is 2.88. The molecule has 1 N–H and O–H groups in total. The summed E-state index contributed by atoms with van der Waals surface area (Å²) in [5.74, 6) is 0.263. The number of rotatable bonds is 7. The number of carboxylic acids is 1. The van der Waals surface area contributed by atoms with Crippen molar-refractivity contribution in [2.24, 2.45) is 11.8 Å². The predicted octanol–water partition coefficient (Wildman–Crippen LogP) is 2.82. The summed E-state index contributed by atoms with van der Waals surface area (Å²) in [5, 5.41) is 9.06. The number of methoxy groups -OCH3 is 1. The Kier molecular flexibility index (Phi) is 5.49. The summed E-state index contributed by atoms with van der Waals surface area (Å²) in [7, 11) is 1.58. The molecule has 4 nitrogen and oxygen atoms in total. The zero-order valence-corrected chi connectivity index (χ0v) is 11.1. The molecule has 0 aromatic heterocycles. The fourth-order valence-electron chi connectivity index (χ4n) is 1.78. The van der Waals surface area contributed by atoms with Gasteiger partial charge in [0.25, 0.3) is 0 Å². The second-order valence-electron chi connectivity index (χ2n) is 4.48. The van der Waals surface area contributed by atoms with Gasteiger partial charge in [-0.15, -0.1) is 0 Å². The van der Waals surface area contributed by atoms with Crippen LogP contribution in [0.15, 0.2) is 24.3 Å². The number of hydrogen-bond acceptors (Lipinski definition) is 3. The summed E-state index contributed by atoms with van der Waals surface area (Å²) in [5.41, 5.74) is 0. The molecule has 1 unspecified atom stereocenters. The molecule has 0 radical (unpaired) electrons. The quantitative estimate of drug-likeness (QED) is 0.810. The van der Waals surface area contributed by atoms with Crippen molar-refractivity contribution in [3.8, 4) is 11.5 Å². The highest BCUT2D eigenvalue weighted by Crippen LogP contribution is 2.26. The van der Waals surface area contributed by atoms with Crippen molar-refractivity contribution >= 4 is 5.97 Å². The number of para-hydroxylation sites is 2. The average molecular weight is 252 g/mol. The summed E-state index contributed by atoms with van der Waals surface area (Å²) in [4.78, 5) is 11.0. The van der Waals surface area contributed by atoms with Crippen LogP contribution in [0.2, 0.25) is 0 Å². The number of ether oxygens (including phenoxy) is 2. The van der Waals surface area contributed by atoms with E-state index in [-0.39, 0.29) is 11.8 Å². The van der Waals surface area contributed by atoms with E-state index in [4.69, 9.17) is 14.6 Å². The Balaban J connectivity index is 2.52. The minimum atomic E-state index is -0.770. The number of aliphatic carboxylic acids is 1. The summed E-state index contributed by atoms with van der Waals surface area (Å²) in [6, 6.07) is 7.34. The van der Waals surface area contributed by atoms with Gasteiger partial charge in [0.15, 0.2) is 11.5 Å². The van der Waals surface area contributed by atoms with E-state index < -0.39 is 5.97 Å². The van der Waals surface area contributed by atoms with Crippen LogP contribution in [0.5, 0.6) is 11.5 Å². The van der Waals surface area contributed by atoms with Crippen molar-refractivity contribution in [3.63, 3.8) is 0 Å². The zero-order valence-electron chi connectivity index (χ0n) is 11.1. The van der Waals surface area contributed by atoms with Gasteiger partial charge < -0.3 is 14.6 Å². The van der Waals surface area contributed by atoms with Crippen LogP contribution in [0.25, 0.3) is 0 Å². The van der Waals surface area contributed by atoms with E-state index in [0.29, 0.717) is 24.5 Å². The highest BCUT2D eigenvalue weighted by Gasteiger charge is 2.21. The van der Waals surface area contributed by atoms with Gasteiger partial charge in [0, 0.05) is 0 Å². The van der Waals surface area contributed by atoms with E-state index in [2.05, 4.69) is 0 Å². The fraction of sp³-hybridized carbons (Fsp3) is 0.500. The van der Waals surface area contributed by atoms with Gasteiger partial charge in [0.1, 0.15) is 0 Å². The van der Waals surface area contributed by atoms with Crippen LogP contribution >= 0.6 is 0 Å². The molecule has 0 aliphatic rings. The lowest BCUT2D eigenvalue weighted by Gasteiger charge is -2.17. The topological polar surface area (TPSA) is 55.8 Å². The molecular weight excluding hydrogens is 232 g/mol. The van der Waals surface area contributed by atoms with Gasteiger partial charge in [-0.3, -0.25) is 4.79 Å². The highest BCUT2D eigenvalue weighted by molar-refractivity contribution is 5.70. The SMILES string of the molecule is COc1ccccc1OCCC(C(=O)O)C(C)C. The van der Waals surface area contributed by atoms with Crippen LogP contribution in [0, 0.1) is 11.8 Å². The second-order valence-corrected chi connectivity index (χ2v) is 4.48. The Morgan fingerprint density at radius 3 is 2.39 bits per heavy atom. The lowest BCUT2D eigenvalue weighted by molar-refractivity contribution is -0.143. The van der Waals surface area contributed by atoms with Crippen LogP contribution in [0.3, 0.4) is 0 Å². The molecule has 1 aromatic rings. The minimum Gasteiger partial charge on any atom is -0.493 e.